The summed E-state index contributed by atoms with van der Waals surface area (Å²) in [6.07, 6.45) is -4.88. The van der Waals surface area contributed by atoms with Gasteiger partial charge in [0.05, 0.1) is 11.9 Å². The third-order valence-electron chi connectivity index (χ3n) is 0.782. The van der Waals surface area contributed by atoms with E-state index in [4.69, 9.17) is 10.2 Å². The van der Waals surface area contributed by atoms with E-state index in [1.54, 1.807) is 0 Å². The number of aliphatic hydroxyl groups is 2. The van der Waals surface area contributed by atoms with E-state index < -0.39 is 24.1 Å². The summed E-state index contributed by atoms with van der Waals surface area (Å²) in [5.74, 6) is -4.12. The van der Waals surface area contributed by atoms with Crippen LogP contribution in [0.25, 0.3) is 0 Å². The quantitative estimate of drug-likeness (QED) is 0.429. The molecular formula is C4H8ClKNNaO6. The van der Waals surface area contributed by atoms with Crippen molar-refractivity contribution < 1.29 is 123 Å². The van der Waals surface area contributed by atoms with E-state index in [0.717, 1.165) is 0 Å². The van der Waals surface area contributed by atoms with E-state index in [1.165, 1.54) is 0 Å². The van der Waals surface area contributed by atoms with Gasteiger partial charge in [-0.05, 0) is 0 Å². The molecule has 0 spiro atoms. The third kappa shape index (κ3) is 11.8. The summed E-state index contributed by atoms with van der Waals surface area (Å²) in [6.45, 7) is 0. The van der Waals surface area contributed by atoms with Crippen molar-refractivity contribution >= 4 is 11.9 Å². The van der Waals surface area contributed by atoms with Gasteiger partial charge in [-0.25, -0.2) is 0 Å². The minimum atomic E-state index is -2.44. The Balaban J connectivity index is -0.0000000675. The zero-order chi connectivity index (χ0) is 8.31. The molecule has 0 aromatic heterocycles. The van der Waals surface area contributed by atoms with Gasteiger partial charge in [0.1, 0.15) is 12.2 Å². The van der Waals surface area contributed by atoms with Crippen molar-refractivity contribution in [2.75, 3.05) is 0 Å². The first-order chi connectivity index (χ1) is 4.46. The van der Waals surface area contributed by atoms with Gasteiger partial charge in [0, 0.05) is 0 Å². The summed E-state index contributed by atoms with van der Waals surface area (Å²) < 4.78 is 0. The molecule has 2 unspecified atom stereocenters. The number of hydrogen-bond acceptors (Lipinski definition) is 6. The molecule has 0 heterocycles. The van der Waals surface area contributed by atoms with E-state index in [2.05, 4.69) is 0 Å². The van der Waals surface area contributed by atoms with Gasteiger partial charge < -0.3 is 48.6 Å². The van der Waals surface area contributed by atoms with Crippen LogP contribution in [0.4, 0.5) is 0 Å². The van der Waals surface area contributed by atoms with Gasteiger partial charge in [0.2, 0.25) is 0 Å². The van der Waals surface area contributed by atoms with E-state index in [1.807, 2.05) is 0 Å². The average molecular weight is 264 g/mol. The van der Waals surface area contributed by atoms with Crippen LogP contribution in [0.1, 0.15) is 0 Å². The molecule has 0 fully saturated rings. The molecule has 0 amide bonds. The van der Waals surface area contributed by atoms with Crippen LogP contribution >= 0.6 is 0 Å². The number of carboxylic acid groups (broad SMARTS) is 2. The molecule has 0 aromatic rings. The molecule has 0 aromatic carbocycles. The van der Waals surface area contributed by atoms with Crippen molar-refractivity contribution in [2.24, 2.45) is 0 Å². The van der Waals surface area contributed by atoms with Crippen molar-refractivity contribution in [2.45, 2.75) is 12.2 Å². The zero-order valence-electron chi connectivity index (χ0n) is 8.06. The van der Waals surface area contributed by atoms with Crippen LogP contribution in [-0.2, 0) is 9.59 Å². The summed E-state index contributed by atoms with van der Waals surface area (Å²) in [4.78, 5) is 19.3. The minimum Gasteiger partial charge on any atom is -1.00 e. The van der Waals surface area contributed by atoms with Crippen LogP contribution in [0, 0.1) is 0 Å². The van der Waals surface area contributed by atoms with Crippen molar-refractivity contribution in [3.05, 3.63) is 0 Å². The van der Waals surface area contributed by atoms with Crippen LogP contribution in [0.15, 0.2) is 0 Å². The van der Waals surface area contributed by atoms with Gasteiger partial charge in [-0.15, -0.1) is 0 Å². The number of aliphatic hydroxyl groups excluding tert-OH is 2. The zero-order valence-corrected chi connectivity index (χ0v) is 13.9. The molecule has 0 aliphatic rings. The van der Waals surface area contributed by atoms with Crippen molar-refractivity contribution in [3.8, 4) is 0 Å². The first-order valence-electron chi connectivity index (χ1n) is 2.24. The van der Waals surface area contributed by atoms with Crippen LogP contribution < -0.4 is 110 Å². The standard InChI is InChI=1S/C4H6O6.ClH.K.H3N.Na/c5-1(3(7)8)2(6)4(9)10;;;;/h1-2,5-6H,(H,7,8)(H,9,10);1H;;1H3;/q;;+1;;+1/p-2. The predicted octanol–water partition coefficient (Wildman–Crippen LogP) is -13.4. The Labute approximate surface area is 151 Å². The minimum absolute atomic E-state index is 0. The van der Waals surface area contributed by atoms with Crippen molar-refractivity contribution in [1.82, 2.24) is 6.15 Å². The van der Waals surface area contributed by atoms with Gasteiger partial charge >= 0.3 is 80.9 Å². The fourth-order valence-electron chi connectivity index (χ4n) is 0.258. The fraction of sp³-hybridized carbons (Fsp3) is 0.500. The van der Waals surface area contributed by atoms with Crippen LogP contribution in [0.2, 0.25) is 0 Å². The summed E-state index contributed by atoms with van der Waals surface area (Å²) >= 11 is 0. The largest absolute Gasteiger partial charge is 1.00 e. The van der Waals surface area contributed by atoms with E-state index in [-0.39, 0.29) is 99.5 Å². The third-order valence-corrected chi connectivity index (χ3v) is 0.782. The number of carbonyl (C=O) groups is 2. The Bertz CT molecular complexity index is 154. The van der Waals surface area contributed by atoms with Crippen LogP contribution in [-0.4, -0.2) is 34.4 Å². The molecule has 10 heteroatoms. The Hall–Kier alpha value is 1.75. The van der Waals surface area contributed by atoms with E-state index in [0.29, 0.717) is 0 Å². The predicted molar refractivity (Wildman–Crippen MR) is 28.0 cm³/mol. The first kappa shape index (κ1) is 29.7. The van der Waals surface area contributed by atoms with Crippen molar-refractivity contribution in [3.63, 3.8) is 0 Å². The second-order valence-electron chi connectivity index (χ2n) is 1.53. The molecule has 14 heavy (non-hydrogen) atoms. The monoisotopic (exact) mass is 263 g/mol. The average Bonchev–Trinajstić information content (AvgIpc) is 1.84. The molecule has 0 aliphatic heterocycles. The Morgan fingerprint density at radius 3 is 1.21 bits per heavy atom. The maximum absolute atomic E-state index is 9.63. The molecule has 0 aliphatic carbocycles. The fourth-order valence-corrected chi connectivity index (χ4v) is 0.258. The first-order valence-corrected chi connectivity index (χ1v) is 2.24. The maximum atomic E-state index is 9.63. The van der Waals surface area contributed by atoms with Gasteiger partial charge in [-0.2, -0.15) is 0 Å². The molecule has 2 atom stereocenters. The molecule has 7 nitrogen and oxygen atoms in total. The maximum Gasteiger partial charge on any atom is 1.00 e. The Morgan fingerprint density at radius 2 is 1.14 bits per heavy atom. The molecule has 0 saturated carbocycles. The summed E-state index contributed by atoms with van der Waals surface area (Å²) in [7, 11) is 0. The normalized spacial score (nSPS) is 11.3. The van der Waals surface area contributed by atoms with Crippen molar-refractivity contribution in [1.29, 1.82) is 0 Å². The second kappa shape index (κ2) is 14.7. The summed E-state index contributed by atoms with van der Waals surface area (Å²) in [6, 6.07) is 0. The van der Waals surface area contributed by atoms with Crippen LogP contribution in [0.3, 0.4) is 0 Å². The number of carboxylic acids is 2. The van der Waals surface area contributed by atoms with Gasteiger partial charge in [-0.1, -0.05) is 0 Å². The molecule has 0 bridgehead atoms. The number of quaternary nitrogens is 1. The molecule has 0 rings (SSSR count). The Morgan fingerprint density at radius 1 is 1.00 bits per heavy atom. The topological polar surface area (TPSA) is 157 Å². The molecule has 0 saturated heterocycles. The number of aliphatic carboxylic acids is 2. The van der Waals surface area contributed by atoms with Gasteiger partial charge in [0.25, 0.3) is 0 Å². The Kier molecular flexibility index (Phi) is 31.2. The second-order valence-corrected chi connectivity index (χ2v) is 1.53. The molecule has 0 radical (unpaired) electrons. The number of halogens is 1. The molecule has 74 valence electrons. The van der Waals surface area contributed by atoms with E-state index in [9.17, 15) is 19.8 Å². The van der Waals surface area contributed by atoms with Crippen LogP contribution in [0.5, 0.6) is 0 Å². The van der Waals surface area contributed by atoms with Gasteiger partial charge in [0.15, 0.2) is 0 Å². The summed E-state index contributed by atoms with van der Waals surface area (Å²) in [5.41, 5.74) is 0. The van der Waals surface area contributed by atoms with Gasteiger partial charge in [-0.3, -0.25) is 0 Å². The SMILES string of the molecule is O=C([O-])C(O)C(O)C(=O)[O-].[Cl-].[K+].[NH4+].[Na+]. The van der Waals surface area contributed by atoms with E-state index >= 15 is 0 Å². The number of hydrogen-bond donors (Lipinski definition) is 3. The molecule has 6 N–H and O–H groups in total. The smallest absolute Gasteiger partial charge is 1.00 e. The number of rotatable bonds is 3. The molecular weight excluding hydrogens is 256 g/mol. The number of carbonyl (C=O) groups excluding carboxylic acids is 2. The summed E-state index contributed by atoms with van der Waals surface area (Å²) in [5, 5.41) is 35.7.